The van der Waals surface area contributed by atoms with Gasteiger partial charge in [0.1, 0.15) is 11.7 Å². The molecule has 0 spiro atoms. The summed E-state index contributed by atoms with van der Waals surface area (Å²) in [6, 6.07) is 3.06. The Morgan fingerprint density at radius 3 is 2.82 bits per heavy atom. The lowest BCUT2D eigenvalue weighted by atomic mass is 10.2. The zero-order chi connectivity index (χ0) is 12.8. The van der Waals surface area contributed by atoms with E-state index in [-0.39, 0.29) is 17.3 Å². The summed E-state index contributed by atoms with van der Waals surface area (Å²) >= 11 is 5.77. The maximum absolute atomic E-state index is 12.0. The fourth-order valence-corrected chi connectivity index (χ4v) is 1.45. The molecule has 0 aliphatic rings. The van der Waals surface area contributed by atoms with E-state index in [2.05, 4.69) is 11.6 Å². The molecule has 1 amide bonds. The maximum atomic E-state index is 12.0. The third kappa shape index (κ3) is 3.57. The van der Waals surface area contributed by atoms with Gasteiger partial charge in [-0.05, 0) is 12.1 Å². The third-order valence-corrected chi connectivity index (χ3v) is 2.25. The van der Waals surface area contributed by atoms with Crippen LogP contribution in [0.4, 0.5) is 0 Å². The molecule has 6 heteroatoms. The number of pyridine rings is 1. The van der Waals surface area contributed by atoms with Crippen molar-refractivity contribution in [2.75, 3.05) is 13.1 Å². The number of nitrogens with zero attached hydrogens (tertiary/aromatic N) is 2. The molecule has 0 aromatic carbocycles. The average Bonchev–Trinajstić information content (AvgIpc) is 2.28. The molecule has 1 N–H and O–H groups in total. The predicted octanol–water partition coefficient (Wildman–Crippen LogP) is 1.45. The highest BCUT2D eigenvalue weighted by Gasteiger charge is 2.19. The second kappa shape index (κ2) is 6.00. The molecular weight excluding hydrogens is 244 g/mol. The number of carbonyl (C=O) groups is 2. The summed E-state index contributed by atoms with van der Waals surface area (Å²) in [5.41, 5.74) is 0.178. The van der Waals surface area contributed by atoms with Crippen LogP contribution >= 0.6 is 11.6 Å². The van der Waals surface area contributed by atoms with Gasteiger partial charge in [0.25, 0.3) is 5.91 Å². The Bertz CT molecular complexity index is 448. The molecular formula is C11H11ClN2O3. The Kier molecular flexibility index (Phi) is 4.66. The van der Waals surface area contributed by atoms with Crippen LogP contribution < -0.4 is 0 Å². The zero-order valence-corrected chi connectivity index (χ0v) is 9.72. The number of aliphatic carboxylic acids is 1. The number of carboxylic acids is 1. The van der Waals surface area contributed by atoms with Crippen molar-refractivity contribution >= 4 is 23.5 Å². The third-order valence-electron chi connectivity index (χ3n) is 1.95. The Labute approximate surface area is 103 Å². The summed E-state index contributed by atoms with van der Waals surface area (Å²) in [7, 11) is 0. The molecule has 0 unspecified atom stereocenters. The van der Waals surface area contributed by atoms with E-state index in [0.29, 0.717) is 0 Å². The summed E-state index contributed by atoms with van der Waals surface area (Å²) in [5, 5.41) is 8.75. The van der Waals surface area contributed by atoms with E-state index in [1.165, 1.54) is 18.3 Å². The quantitative estimate of drug-likeness (QED) is 0.638. The first-order chi connectivity index (χ1) is 8.06. The lowest BCUT2D eigenvalue weighted by Crippen LogP contribution is -2.36. The van der Waals surface area contributed by atoms with E-state index in [4.69, 9.17) is 16.7 Å². The fourth-order valence-electron chi connectivity index (χ4n) is 1.25. The van der Waals surface area contributed by atoms with Crippen molar-refractivity contribution in [1.29, 1.82) is 0 Å². The van der Waals surface area contributed by atoms with Gasteiger partial charge in [0.05, 0.1) is 5.56 Å². The lowest BCUT2D eigenvalue weighted by molar-refractivity contribution is -0.137. The Morgan fingerprint density at radius 2 is 2.29 bits per heavy atom. The van der Waals surface area contributed by atoms with Crippen molar-refractivity contribution in [3.8, 4) is 0 Å². The Morgan fingerprint density at radius 1 is 1.59 bits per heavy atom. The smallest absolute Gasteiger partial charge is 0.323 e. The topological polar surface area (TPSA) is 70.5 Å². The molecule has 0 saturated carbocycles. The van der Waals surface area contributed by atoms with Gasteiger partial charge in [-0.3, -0.25) is 9.59 Å². The zero-order valence-electron chi connectivity index (χ0n) is 8.97. The van der Waals surface area contributed by atoms with E-state index in [1.807, 2.05) is 0 Å². The number of hydrogen-bond acceptors (Lipinski definition) is 3. The fraction of sp³-hybridized carbons (Fsp3) is 0.182. The summed E-state index contributed by atoms with van der Waals surface area (Å²) < 4.78 is 0. The molecule has 0 fully saturated rings. The molecule has 0 bridgehead atoms. The average molecular weight is 255 g/mol. The first kappa shape index (κ1) is 13.2. The number of carbonyl (C=O) groups excluding carboxylic acids is 1. The van der Waals surface area contributed by atoms with Crippen LogP contribution in [-0.2, 0) is 4.79 Å². The van der Waals surface area contributed by atoms with Crippen LogP contribution in [-0.4, -0.2) is 40.0 Å². The van der Waals surface area contributed by atoms with Gasteiger partial charge in [-0.25, -0.2) is 4.98 Å². The number of aromatic nitrogens is 1. The highest BCUT2D eigenvalue weighted by molar-refractivity contribution is 6.32. The molecule has 1 heterocycles. The molecule has 0 saturated heterocycles. The second-order valence-electron chi connectivity index (χ2n) is 3.21. The SMILES string of the molecule is C=CCN(CC(=O)O)C(=O)c1cccnc1Cl. The van der Waals surface area contributed by atoms with Gasteiger partial charge in [0.15, 0.2) is 0 Å². The molecule has 90 valence electrons. The van der Waals surface area contributed by atoms with Gasteiger partial charge in [-0.15, -0.1) is 6.58 Å². The standard InChI is InChI=1S/C11H11ClN2O3/c1-2-6-14(7-9(15)16)11(17)8-4-3-5-13-10(8)12/h2-5H,1,6-7H2,(H,15,16). The van der Waals surface area contributed by atoms with Gasteiger partial charge in [0, 0.05) is 12.7 Å². The van der Waals surface area contributed by atoms with Gasteiger partial charge in [0.2, 0.25) is 0 Å². The van der Waals surface area contributed by atoms with Crippen LogP contribution in [0.1, 0.15) is 10.4 Å². The first-order valence-electron chi connectivity index (χ1n) is 4.78. The van der Waals surface area contributed by atoms with Crippen LogP contribution in [0.3, 0.4) is 0 Å². The molecule has 0 aliphatic heterocycles. The van der Waals surface area contributed by atoms with E-state index in [1.54, 1.807) is 6.07 Å². The van der Waals surface area contributed by atoms with Crippen molar-refractivity contribution in [3.63, 3.8) is 0 Å². The molecule has 1 aromatic heterocycles. The molecule has 5 nitrogen and oxygen atoms in total. The van der Waals surface area contributed by atoms with Gasteiger partial charge < -0.3 is 10.0 Å². The minimum Gasteiger partial charge on any atom is -0.480 e. The minimum absolute atomic E-state index is 0.0527. The van der Waals surface area contributed by atoms with Crippen LogP contribution in [0.5, 0.6) is 0 Å². The highest BCUT2D eigenvalue weighted by Crippen LogP contribution is 2.14. The number of amides is 1. The molecule has 1 rings (SSSR count). The number of rotatable bonds is 5. The molecule has 0 atom stereocenters. The number of halogens is 1. The van der Waals surface area contributed by atoms with Crippen molar-refractivity contribution in [2.24, 2.45) is 0 Å². The van der Waals surface area contributed by atoms with E-state index >= 15 is 0 Å². The van der Waals surface area contributed by atoms with E-state index in [0.717, 1.165) is 4.90 Å². The van der Waals surface area contributed by atoms with Crippen LogP contribution in [0.2, 0.25) is 5.15 Å². The van der Waals surface area contributed by atoms with Gasteiger partial charge in [-0.2, -0.15) is 0 Å². The van der Waals surface area contributed by atoms with Gasteiger partial charge in [-0.1, -0.05) is 17.7 Å². The summed E-state index contributed by atoms with van der Waals surface area (Å²) in [6.45, 7) is 3.20. The van der Waals surface area contributed by atoms with Crippen molar-refractivity contribution in [2.45, 2.75) is 0 Å². The Hall–Kier alpha value is -1.88. The largest absolute Gasteiger partial charge is 0.480 e. The Balaban J connectivity index is 2.95. The molecule has 17 heavy (non-hydrogen) atoms. The second-order valence-corrected chi connectivity index (χ2v) is 3.57. The van der Waals surface area contributed by atoms with Crippen LogP contribution in [0.25, 0.3) is 0 Å². The minimum atomic E-state index is -1.10. The molecule has 0 aliphatic carbocycles. The van der Waals surface area contributed by atoms with Crippen molar-refractivity contribution in [1.82, 2.24) is 9.88 Å². The first-order valence-corrected chi connectivity index (χ1v) is 5.16. The van der Waals surface area contributed by atoms with Crippen LogP contribution in [0.15, 0.2) is 31.0 Å². The lowest BCUT2D eigenvalue weighted by Gasteiger charge is -2.18. The van der Waals surface area contributed by atoms with Gasteiger partial charge >= 0.3 is 5.97 Å². The predicted molar refractivity (Wildman–Crippen MR) is 63.0 cm³/mol. The molecule has 1 aromatic rings. The normalized spacial score (nSPS) is 9.71. The number of hydrogen-bond donors (Lipinski definition) is 1. The summed E-state index contributed by atoms with van der Waals surface area (Å²) in [6.07, 6.45) is 2.90. The maximum Gasteiger partial charge on any atom is 0.323 e. The van der Waals surface area contributed by atoms with Crippen molar-refractivity contribution < 1.29 is 14.7 Å². The molecule has 0 radical (unpaired) electrons. The summed E-state index contributed by atoms with van der Waals surface area (Å²) in [4.78, 5) is 27.5. The summed E-state index contributed by atoms with van der Waals surface area (Å²) in [5.74, 6) is -1.58. The van der Waals surface area contributed by atoms with Crippen LogP contribution in [0, 0.1) is 0 Å². The van der Waals surface area contributed by atoms with E-state index < -0.39 is 18.4 Å². The number of carboxylic acid groups (broad SMARTS) is 1. The van der Waals surface area contributed by atoms with E-state index in [9.17, 15) is 9.59 Å². The monoisotopic (exact) mass is 254 g/mol. The van der Waals surface area contributed by atoms with Crippen molar-refractivity contribution in [3.05, 3.63) is 41.7 Å². The highest BCUT2D eigenvalue weighted by atomic mass is 35.5.